The molecular weight excluding hydrogens is 381 g/mol. The van der Waals surface area contributed by atoms with E-state index < -0.39 is 10.0 Å². The fraction of sp³-hybridized carbons (Fsp3) is 0.250. The topological polar surface area (TPSA) is 73.5 Å². The van der Waals surface area contributed by atoms with Crippen LogP contribution in [0.3, 0.4) is 0 Å². The van der Waals surface area contributed by atoms with Crippen LogP contribution in [0, 0.1) is 12.7 Å². The predicted molar refractivity (Wildman–Crippen MR) is 107 cm³/mol. The smallest absolute Gasteiger partial charge is 0.248 e. The van der Waals surface area contributed by atoms with Crippen molar-refractivity contribution in [1.29, 1.82) is 0 Å². The number of hydrogen-bond acceptors (Lipinski definition) is 4. The van der Waals surface area contributed by atoms with Crippen LogP contribution in [-0.2, 0) is 10.0 Å². The Balaban J connectivity index is 1.59. The maximum absolute atomic E-state index is 14.0. The number of rotatable bonds is 3. The molecule has 1 aliphatic rings. The number of para-hydroxylation sites is 1. The summed E-state index contributed by atoms with van der Waals surface area (Å²) in [5.74, 6) is -0.308. The van der Waals surface area contributed by atoms with Gasteiger partial charge < -0.3 is 9.88 Å². The second kappa shape index (κ2) is 7.03. The van der Waals surface area contributed by atoms with Crippen LogP contribution in [0.1, 0.15) is 5.56 Å². The molecule has 146 valence electrons. The van der Waals surface area contributed by atoms with Crippen molar-refractivity contribution in [1.82, 2.24) is 9.29 Å². The van der Waals surface area contributed by atoms with Gasteiger partial charge in [-0.15, -0.1) is 0 Å². The summed E-state index contributed by atoms with van der Waals surface area (Å²) in [5, 5.41) is 0.700. The molecule has 4 rings (SSSR count). The Morgan fingerprint density at radius 3 is 2.43 bits per heavy atom. The summed E-state index contributed by atoms with van der Waals surface area (Å²) < 4.78 is 41.6. The maximum atomic E-state index is 14.0. The molecule has 0 bridgehead atoms. The summed E-state index contributed by atoms with van der Waals surface area (Å²) in [6, 6.07) is 12.7. The molecule has 0 radical (unpaired) electrons. The lowest BCUT2D eigenvalue weighted by Crippen LogP contribution is -2.48. The van der Waals surface area contributed by atoms with E-state index in [0.717, 1.165) is 5.56 Å². The summed E-state index contributed by atoms with van der Waals surface area (Å²) in [7, 11) is -3.68. The summed E-state index contributed by atoms with van der Waals surface area (Å²) in [5.41, 5.74) is 1.60. The lowest BCUT2D eigenvalue weighted by atomic mass is 10.1. The minimum absolute atomic E-state index is 0.189. The highest BCUT2D eigenvalue weighted by Gasteiger charge is 2.29. The Morgan fingerprint density at radius 1 is 1.00 bits per heavy atom. The van der Waals surface area contributed by atoms with Crippen molar-refractivity contribution in [3.8, 4) is 0 Å². The predicted octanol–water partition coefficient (Wildman–Crippen LogP) is 2.49. The number of hydrogen-bond donors (Lipinski definition) is 1. The molecule has 0 atom stereocenters. The van der Waals surface area contributed by atoms with Gasteiger partial charge in [-0.3, -0.25) is 4.79 Å². The van der Waals surface area contributed by atoms with E-state index in [9.17, 15) is 17.6 Å². The van der Waals surface area contributed by atoms with Crippen LogP contribution in [0.25, 0.3) is 10.9 Å². The average molecular weight is 401 g/mol. The first-order chi connectivity index (χ1) is 13.4. The fourth-order valence-corrected chi connectivity index (χ4v) is 5.04. The number of aromatic nitrogens is 1. The zero-order valence-corrected chi connectivity index (χ0v) is 16.2. The molecule has 0 spiro atoms. The SMILES string of the molecule is Cc1cc(=O)[nH]c2ccc(S(=O)(=O)N3CCN(c4ccccc4F)CC3)cc12. The first-order valence-electron chi connectivity index (χ1n) is 8.99. The van der Waals surface area contributed by atoms with Crippen molar-refractivity contribution >= 4 is 26.6 Å². The number of anilines is 1. The van der Waals surface area contributed by atoms with Crippen molar-refractivity contribution in [2.24, 2.45) is 0 Å². The average Bonchev–Trinajstić information content (AvgIpc) is 2.68. The zero-order chi connectivity index (χ0) is 19.9. The molecule has 1 saturated heterocycles. The highest BCUT2D eigenvalue weighted by Crippen LogP contribution is 2.25. The second-order valence-electron chi connectivity index (χ2n) is 6.87. The van der Waals surface area contributed by atoms with E-state index in [1.165, 1.54) is 22.5 Å². The van der Waals surface area contributed by atoms with Gasteiger partial charge in [-0.1, -0.05) is 12.1 Å². The molecule has 0 aliphatic carbocycles. The van der Waals surface area contributed by atoms with E-state index >= 15 is 0 Å². The third kappa shape index (κ3) is 3.29. The van der Waals surface area contributed by atoms with Crippen molar-refractivity contribution in [3.63, 3.8) is 0 Å². The van der Waals surface area contributed by atoms with E-state index in [-0.39, 0.29) is 29.4 Å². The van der Waals surface area contributed by atoms with Gasteiger partial charge >= 0.3 is 0 Å². The monoisotopic (exact) mass is 401 g/mol. The molecule has 8 heteroatoms. The number of benzene rings is 2. The highest BCUT2D eigenvalue weighted by molar-refractivity contribution is 7.89. The van der Waals surface area contributed by atoms with Crippen molar-refractivity contribution in [3.05, 3.63) is 70.3 Å². The lowest BCUT2D eigenvalue weighted by Gasteiger charge is -2.35. The minimum Gasteiger partial charge on any atom is -0.367 e. The van der Waals surface area contributed by atoms with Crippen LogP contribution in [0.5, 0.6) is 0 Å². The van der Waals surface area contributed by atoms with Gasteiger partial charge in [-0.25, -0.2) is 12.8 Å². The molecule has 0 unspecified atom stereocenters. The molecule has 0 amide bonds. The Labute approximate surface area is 162 Å². The Kier molecular flexibility index (Phi) is 4.68. The molecule has 2 heterocycles. The van der Waals surface area contributed by atoms with Gasteiger partial charge in [0, 0.05) is 43.1 Å². The number of nitrogens with zero attached hydrogens (tertiary/aromatic N) is 2. The maximum Gasteiger partial charge on any atom is 0.248 e. The number of fused-ring (bicyclic) bond motifs is 1. The molecule has 3 aromatic rings. The molecule has 1 aromatic heterocycles. The zero-order valence-electron chi connectivity index (χ0n) is 15.4. The quantitative estimate of drug-likeness (QED) is 0.732. The molecule has 28 heavy (non-hydrogen) atoms. The van der Waals surface area contributed by atoms with Gasteiger partial charge in [-0.2, -0.15) is 4.31 Å². The first-order valence-corrected chi connectivity index (χ1v) is 10.4. The van der Waals surface area contributed by atoms with Gasteiger partial charge in [0.05, 0.1) is 10.6 Å². The first kappa shape index (κ1) is 18.6. The number of sulfonamides is 1. The molecule has 0 saturated carbocycles. The van der Waals surface area contributed by atoms with Crippen LogP contribution in [-0.4, -0.2) is 43.9 Å². The van der Waals surface area contributed by atoms with Crippen molar-refractivity contribution in [2.75, 3.05) is 31.1 Å². The van der Waals surface area contributed by atoms with Gasteiger partial charge in [-0.05, 0) is 42.8 Å². The normalized spacial score (nSPS) is 15.9. The molecule has 1 aliphatic heterocycles. The van der Waals surface area contributed by atoms with Gasteiger partial charge in [0.15, 0.2) is 0 Å². The largest absolute Gasteiger partial charge is 0.367 e. The van der Waals surface area contributed by atoms with Crippen LogP contribution < -0.4 is 10.5 Å². The number of pyridine rings is 1. The molecule has 2 aromatic carbocycles. The minimum atomic E-state index is -3.68. The molecule has 6 nitrogen and oxygen atoms in total. The van der Waals surface area contributed by atoms with Crippen LogP contribution >= 0.6 is 0 Å². The number of nitrogens with one attached hydrogen (secondary N) is 1. The summed E-state index contributed by atoms with van der Waals surface area (Å²) in [6.45, 7) is 3.17. The number of H-pyrrole nitrogens is 1. The van der Waals surface area contributed by atoms with Crippen LogP contribution in [0.2, 0.25) is 0 Å². The molecule has 1 fully saturated rings. The van der Waals surface area contributed by atoms with Crippen LogP contribution in [0.4, 0.5) is 10.1 Å². The molecular formula is C20H20FN3O3S. The third-order valence-electron chi connectivity index (χ3n) is 5.09. The summed E-state index contributed by atoms with van der Waals surface area (Å²) in [4.78, 5) is 16.4. The van der Waals surface area contributed by atoms with E-state index in [0.29, 0.717) is 29.7 Å². The second-order valence-corrected chi connectivity index (χ2v) is 8.80. The number of halogens is 1. The summed E-state index contributed by atoms with van der Waals surface area (Å²) in [6.07, 6.45) is 0. The number of aryl methyl sites for hydroxylation is 1. The fourth-order valence-electron chi connectivity index (χ4n) is 3.59. The van der Waals surface area contributed by atoms with Gasteiger partial charge in [0.2, 0.25) is 15.6 Å². The third-order valence-corrected chi connectivity index (χ3v) is 6.99. The van der Waals surface area contributed by atoms with Crippen molar-refractivity contribution < 1.29 is 12.8 Å². The van der Waals surface area contributed by atoms with Crippen molar-refractivity contribution in [2.45, 2.75) is 11.8 Å². The lowest BCUT2D eigenvalue weighted by molar-refractivity contribution is 0.383. The summed E-state index contributed by atoms with van der Waals surface area (Å²) >= 11 is 0. The Bertz CT molecular complexity index is 1200. The molecule has 1 N–H and O–H groups in total. The number of piperazine rings is 1. The van der Waals surface area contributed by atoms with E-state index in [2.05, 4.69) is 4.98 Å². The van der Waals surface area contributed by atoms with Gasteiger partial charge in [0.1, 0.15) is 5.82 Å². The highest BCUT2D eigenvalue weighted by atomic mass is 32.2. The van der Waals surface area contributed by atoms with Crippen LogP contribution in [0.15, 0.2) is 58.2 Å². The Morgan fingerprint density at radius 2 is 1.71 bits per heavy atom. The van der Waals surface area contributed by atoms with E-state index in [4.69, 9.17) is 0 Å². The number of aromatic amines is 1. The Hall–Kier alpha value is -2.71. The van der Waals surface area contributed by atoms with E-state index in [1.54, 1.807) is 37.3 Å². The van der Waals surface area contributed by atoms with E-state index in [1.807, 2.05) is 4.90 Å². The van der Waals surface area contributed by atoms with Gasteiger partial charge in [0.25, 0.3) is 0 Å². The standard InChI is InChI=1S/C20H20FN3O3S/c1-14-12-20(25)22-18-7-6-15(13-16(14)18)28(26,27)24-10-8-23(9-11-24)19-5-3-2-4-17(19)21/h2-7,12-13H,8-11H2,1H3,(H,22,25).